The van der Waals surface area contributed by atoms with Gasteiger partial charge in [0, 0.05) is 26.6 Å². The summed E-state index contributed by atoms with van der Waals surface area (Å²) in [6.45, 7) is 0.636. The SMILES string of the molecule is CO[C@@H]1CCCCC[C@@H]1NC(=O)N(C)C[C@H]1CCC[C@@H]1O. The third kappa shape index (κ3) is 4.58. The smallest absolute Gasteiger partial charge is 0.317 e. The quantitative estimate of drug-likeness (QED) is 0.782. The van der Waals surface area contributed by atoms with Crippen molar-refractivity contribution in [1.29, 1.82) is 0 Å². The normalized spacial score (nSPS) is 33.5. The van der Waals surface area contributed by atoms with E-state index < -0.39 is 0 Å². The van der Waals surface area contributed by atoms with E-state index in [1.165, 1.54) is 12.8 Å². The molecule has 2 saturated carbocycles. The number of methoxy groups -OCH3 is 1. The van der Waals surface area contributed by atoms with Gasteiger partial charge in [-0.2, -0.15) is 0 Å². The van der Waals surface area contributed by atoms with Crippen LogP contribution in [0.15, 0.2) is 0 Å². The van der Waals surface area contributed by atoms with Gasteiger partial charge in [0.15, 0.2) is 0 Å². The summed E-state index contributed by atoms with van der Waals surface area (Å²) in [7, 11) is 3.55. The molecule has 2 rings (SSSR count). The number of urea groups is 1. The molecule has 2 N–H and O–H groups in total. The molecule has 21 heavy (non-hydrogen) atoms. The maximum Gasteiger partial charge on any atom is 0.317 e. The Hall–Kier alpha value is -0.810. The van der Waals surface area contributed by atoms with Crippen LogP contribution in [-0.4, -0.2) is 55.0 Å². The average molecular weight is 298 g/mol. The number of aliphatic hydroxyl groups is 1. The molecule has 4 atom stereocenters. The van der Waals surface area contributed by atoms with Gasteiger partial charge in [-0.3, -0.25) is 0 Å². The van der Waals surface area contributed by atoms with Crippen LogP contribution in [0.2, 0.25) is 0 Å². The fourth-order valence-electron chi connectivity index (χ4n) is 3.65. The first-order valence-electron chi connectivity index (χ1n) is 8.34. The van der Waals surface area contributed by atoms with Gasteiger partial charge in [0.1, 0.15) is 0 Å². The van der Waals surface area contributed by atoms with Crippen LogP contribution < -0.4 is 5.32 Å². The van der Waals surface area contributed by atoms with E-state index in [1.54, 1.807) is 12.0 Å². The second-order valence-corrected chi connectivity index (χ2v) is 6.61. The molecule has 2 aliphatic rings. The zero-order valence-electron chi connectivity index (χ0n) is 13.4. The lowest BCUT2D eigenvalue weighted by molar-refractivity contribution is 0.0627. The van der Waals surface area contributed by atoms with Crippen molar-refractivity contribution in [2.24, 2.45) is 5.92 Å². The standard InChI is InChI=1S/C16H30N2O3/c1-18(11-12-7-6-9-14(12)19)16(20)17-13-8-4-3-5-10-15(13)21-2/h12-15,19H,3-11H2,1-2H3,(H,17,20)/t12-,13+,14+,15-/m1/s1. The molecule has 5 nitrogen and oxygen atoms in total. The second kappa shape index (κ2) is 7.99. The van der Waals surface area contributed by atoms with Gasteiger partial charge in [0.2, 0.25) is 0 Å². The summed E-state index contributed by atoms with van der Waals surface area (Å²) in [6.07, 6.45) is 8.39. The summed E-state index contributed by atoms with van der Waals surface area (Å²) in [4.78, 5) is 14.1. The molecular weight excluding hydrogens is 268 g/mol. The predicted molar refractivity (Wildman–Crippen MR) is 82.2 cm³/mol. The summed E-state index contributed by atoms with van der Waals surface area (Å²) in [5.74, 6) is 0.230. The van der Waals surface area contributed by atoms with E-state index in [1.807, 2.05) is 7.05 Å². The molecule has 2 aliphatic carbocycles. The van der Waals surface area contributed by atoms with Gasteiger partial charge in [-0.15, -0.1) is 0 Å². The highest BCUT2D eigenvalue weighted by Gasteiger charge is 2.29. The van der Waals surface area contributed by atoms with Gasteiger partial charge in [-0.05, 0) is 25.7 Å². The van der Waals surface area contributed by atoms with E-state index in [0.717, 1.165) is 38.5 Å². The molecule has 2 amide bonds. The van der Waals surface area contributed by atoms with E-state index in [0.29, 0.717) is 6.54 Å². The number of amides is 2. The minimum atomic E-state index is -0.246. The number of nitrogens with one attached hydrogen (secondary N) is 1. The highest BCUT2D eigenvalue weighted by atomic mass is 16.5. The number of hydrogen-bond acceptors (Lipinski definition) is 3. The molecule has 0 spiro atoms. The molecular formula is C16H30N2O3. The van der Waals surface area contributed by atoms with Crippen LogP contribution in [0.5, 0.6) is 0 Å². The largest absolute Gasteiger partial charge is 0.393 e. The van der Waals surface area contributed by atoms with Crippen molar-refractivity contribution < 1.29 is 14.6 Å². The van der Waals surface area contributed by atoms with Crippen LogP contribution in [-0.2, 0) is 4.74 Å². The van der Waals surface area contributed by atoms with E-state index in [4.69, 9.17) is 4.74 Å². The van der Waals surface area contributed by atoms with Crippen LogP contribution in [0.25, 0.3) is 0 Å². The minimum absolute atomic E-state index is 0.0388. The fourth-order valence-corrected chi connectivity index (χ4v) is 3.65. The number of hydrogen-bond donors (Lipinski definition) is 2. The van der Waals surface area contributed by atoms with Crippen molar-refractivity contribution in [1.82, 2.24) is 10.2 Å². The topological polar surface area (TPSA) is 61.8 Å². The number of rotatable bonds is 4. The molecule has 122 valence electrons. The summed E-state index contributed by atoms with van der Waals surface area (Å²) < 4.78 is 5.54. The molecule has 0 bridgehead atoms. The third-order valence-electron chi connectivity index (χ3n) is 5.04. The fraction of sp³-hybridized carbons (Fsp3) is 0.938. The molecule has 0 unspecified atom stereocenters. The maximum atomic E-state index is 12.4. The first kappa shape index (κ1) is 16.6. The maximum absolute atomic E-state index is 12.4. The van der Waals surface area contributed by atoms with Crippen molar-refractivity contribution in [3.8, 4) is 0 Å². The molecule has 0 radical (unpaired) electrons. The lowest BCUT2D eigenvalue weighted by atomic mass is 10.1. The Bertz CT molecular complexity index is 337. The predicted octanol–water partition coefficient (Wildman–Crippen LogP) is 2.14. The van der Waals surface area contributed by atoms with Crippen molar-refractivity contribution in [2.45, 2.75) is 69.6 Å². The second-order valence-electron chi connectivity index (χ2n) is 6.61. The van der Waals surface area contributed by atoms with Gasteiger partial charge < -0.3 is 20.1 Å². The van der Waals surface area contributed by atoms with Crippen molar-refractivity contribution in [3.05, 3.63) is 0 Å². The highest BCUT2D eigenvalue weighted by Crippen LogP contribution is 2.26. The zero-order chi connectivity index (χ0) is 15.2. The van der Waals surface area contributed by atoms with Crippen LogP contribution >= 0.6 is 0 Å². The zero-order valence-corrected chi connectivity index (χ0v) is 13.4. The highest BCUT2D eigenvalue weighted by molar-refractivity contribution is 5.74. The minimum Gasteiger partial charge on any atom is -0.393 e. The van der Waals surface area contributed by atoms with Crippen LogP contribution in [0.1, 0.15) is 51.4 Å². The van der Waals surface area contributed by atoms with Gasteiger partial charge in [0.25, 0.3) is 0 Å². The number of carbonyl (C=O) groups excluding carboxylic acids is 1. The van der Waals surface area contributed by atoms with E-state index in [-0.39, 0.29) is 30.2 Å². The first-order valence-corrected chi connectivity index (χ1v) is 8.34. The Labute approximate surface area is 128 Å². The number of aliphatic hydroxyl groups excluding tert-OH is 1. The number of nitrogens with zero attached hydrogens (tertiary/aromatic N) is 1. The Balaban J connectivity index is 1.83. The molecule has 0 aromatic rings. The van der Waals surface area contributed by atoms with Crippen molar-refractivity contribution in [3.63, 3.8) is 0 Å². The Morgan fingerprint density at radius 3 is 2.62 bits per heavy atom. The summed E-state index contributed by atoms with van der Waals surface area (Å²) in [5.41, 5.74) is 0. The molecule has 2 fully saturated rings. The van der Waals surface area contributed by atoms with E-state index in [2.05, 4.69) is 5.32 Å². The van der Waals surface area contributed by atoms with Gasteiger partial charge in [-0.1, -0.05) is 25.7 Å². The third-order valence-corrected chi connectivity index (χ3v) is 5.04. The van der Waals surface area contributed by atoms with E-state index in [9.17, 15) is 9.90 Å². The van der Waals surface area contributed by atoms with Crippen LogP contribution in [0.4, 0.5) is 4.79 Å². The molecule has 0 aromatic heterocycles. The number of carbonyl (C=O) groups is 1. The lowest BCUT2D eigenvalue weighted by Crippen LogP contribution is -2.49. The molecule has 0 saturated heterocycles. The molecule has 0 heterocycles. The van der Waals surface area contributed by atoms with Gasteiger partial charge in [0.05, 0.1) is 18.2 Å². The van der Waals surface area contributed by atoms with E-state index >= 15 is 0 Å². The average Bonchev–Trinajstić information content (AvgIpc) is 2.74. The van der Waals surface area contributed by atoms with Crippen LogP contribution in [0, 0.1) is 5.92 Å². The van der Waals surface area contributed by atoms with Crippen LogP contribution in [0.3, 0.4) is 0 Å². The van der Waals surface area contributed by atoms with Gasteiger partial charge >= 0.3 is 6.03 Å². The monoisotopic (exact) mass is 298 g/mol. The first-order chi connectivity index (χ1) is 10.1. The number of ether oxygens (including phenoxy) is 1. The van der Waals surface area contributed by atoms with Gasteiger partial charge in [-0.25, -0.2) is 4.79 Å². The Kier molecular flexibility index (Phi) is 6.30. The van der Waals surface area contributed by atoms with Crippen molar-refractivity contribution in [2.75, 3.05) is 20.7 Å². The molecule has 0 aliphatic heterocycles. The Morgan fingerprint density at radius 1 is 1.19 bits per heavy atom. The molecule has 5 heteroatoms. The lowest BCUT2D eigenvalue weighted by Gasteiger charge is -2.29. The summed E-state index contributed by atoms with van der Waals surface area (Å²) in [6, 6.07) is 0.0731. The summed E-state index contributed by atoms with van der Waals surface area (Å²) >= 11 is 0. The molecule has 0 aromatic carbocycles. The van der Waals surface area contributed by atoms with Crippen molar-refractivity contribution >= 4 is 6.03 Å². The summed E-state index contributed by atoms with van der Waals surface area (Å²) in [5, 5.41) is 13.0. The Morgan fingerprint density at radius 2 is 1.95 bits per heavy atom.